The third-order valence-electron chi connectivity index (χ3n) is 3.80. The fraction of sp³-hybridized carbons (Fsp3) is 0.474. The van der Waals surface area contributed by atoms with E-state index in [2.05, 4.69) is 31.1 Å². The molecule has 0 aliphatic rings. The topological polar surface area (TPSA) is 21.7 Å². The molecule has 0 aromatic heterocycles. The maximum atomic E-state index is 5.97. The minimum absolute atomic E-state index is 0.785. The smallest absolute Gasteiger partial charge is 0.127 e. The van der Waals surface area contributed by atoms with E-state index in [0.29, 0.717) is 0 Å². The van der Waals surface area contributed by atoms with E-state index >= 15 is 0 Å². The molecule has 2 aromatic carbocycles. The van der Waals surface area contributed by atoms with Crippen LogP contribution in [0, 0.1) is 0 Å². The first kappa shape index (κ1) is 16.6. The van der Waals surface area contributed by atoms with Crippen LogP contribution in [0.4, 0.5) is 0 Å². The second-order valence-electron chi connectivity index (χ2n) is 5.91. The first-order chi connectivity index (χ1) is 10.7. The van der Waals surface area contributed by atoms with Gasteiger partial charge in [-0.05, 0) is 63.1 Å². The Bertz CT molecular complexity index is 581. The Labute approximate surface area is 133 Å². The van der Waals surface area contributed by atoms with Gasteiger partial charge in [0.15, 0.2) is 0 Å². The van der Waals surface area contributed by atoms with Crippen molar-refractivity contribution in [3.63, 3.8) is 0 Å². The van der Waals surface area contributed by atoms with Crippen molar-refractivity contribution in [2.45, 2.75) is 25.7 Å². The highest BCUT2D eigenvalue weighted by Gasteiger charge is 2.03. The van der Waals surface area contributed by atoms with E-state index < -0.39 is 0 Å². The van der Waals surface area contributed by atoms with Gasteiger partial charge in [0, 0.05) is 5.39 Å². The molecule has 2 aromatic rings. The van der Waals surface area contributed by atoms with Gasteiger partial charge in [0.25, 0.3) is 0 Å². The van der Waals surface area contributed by atoms with Crippen molar-refractivity contribution in [1.82, 2.24) is 4.90 Å². The van der Waals surface area contributed by atoms with Crippen molar-refractivity contribution >= 4 is 10.8 Å². The second kappa shape index (κ2) is 8.64. The van der Waals surface area contributed by atoms with Gasteiger partial charge in [-0.25, -0.2) is 0 Å². The van der Waals surface area contributed by atoms with Gasteiger partial charge >= 0.3 is 0 Å². The lowest BCUT2D eigenvalue weighted by Gasteiger charge is -2.11. The summed E-state index contributed by atoms with van der Waals surface area (Å²) in [5.41, 5.74) is 0. The predicted octanol–water partition coefficient (Wildman–Crippen LogP) is 4.35. The summed E-state index contributed by atoms with van der Waals surface area (Å²) < 4.78 is 11.2. The number of rotatable bonds is 9. The van der Waals surface area contributed by atoms with Crippen molar-refractivity contribution in [3.8, 4) is 11.5 Å². The first-order valence-electron chi connectivity index (χ1n) is 8.05. The molecule has 0 unspecified atom stereocenters. The molecular weight excluding hydrogens is 274 g/mol. The molecule has 22 heavy (non-hydrogen) atoms. The number of benzene rings is 2. The summed E-state index contributed by atoms with van der Waals surface area (Å²) in [6, 6.07) is 12.3. The first-order valence-corrected chi connectivity index (χ1v) is 8.05. The van der Waals surface area contributed by atoms with Crippen LogP contribution >= 0.6 is 0 Å². The van der Waals surface area contributed by atoms with Crippen molar-refractivity contribution in [3.05, 3.63) is 36.4 Å². The normalized spacial score (nSPS) is 11.1. The SMILES string of the molecule is COc1ccc2c(OCCCCCCN(C)C)cccc2c1. The lowest BCUT2D eigenvalue weighted by atomic mass is 10.1. The Kier molecular flexibility index (Phi) is 6.53. The van der Waals surface area contributed by atoms with Gasteiger partial charge in [0.2, 0.25) is 0 Å². The molecule has 0 radical (unpaired) electrons. The van der Waals surface area contributed by atoms with Gasteiger partial charge in [-0.3, -0.25) is 0 Å². The van der Waals surface area contributed by atoms with E-state index in [9.17, 15) is 0 Å². The molecule has 0 amide bonds. The third-order valence-corrected chi connectivity index (χ3v) is 3.80. The van der Waals surface area contributed by atoms with Gasteiger partial charge in [0.1, 0.15) is 11.5 Å². The summed E-state index contributed by atoms with van der Waals surface area (Å²) in [5, 5.41) is 2.30. The van der Waals surface area contributed by atoms with E-state index in [1.165, 1.54) is 25.8 Å². The zero-order valence-electron chi connectivity index (χ0n) is 14.0. The monoisotopic (exact) mass is 301 g/mol. The molecule has 0 spiro atoms. The van der Waals surface area contributed by atoms with E-state index in [0.717, 1.165) is 35.3 Å². The number of hydrogen-bond acceptors (Lipinski definition) is 3. The van der Waals surface area contributed by atoms with Crippen LogP contribution in [0.25, 0.3) is 10.8 Å². The molecule has 0 saturated carbocycles. The molecule has 0 fully saturated rings. The largest absolute Gasteiger partial charge is 0.497 e. The highest BCUT2D eigenvalue weighted by molar-refractivity contribution is 5.89. The minimum Gasteiger partial charge on any atom is -0.497 e. The average Bonchev–Trinajstić information content (AvgIpc) is 2.53. The van der Waals surface area contributed by atoms with Crippen LogP contribution in [0.5, 0.6) is 11.5 Å². The molecule has 2 rings (SSSR count). The molecule has 0 aliphatic heterocycles. The van der Waals surface area contributed by atoms with Gasteiger partial charge in [-0.1, -0.05) is 25.0 Å². The molecule has 120 valence electrons. The van der Waals surface area contributed by atoms with E-state index in [1.807, 2.05) is 24.3 Å². The standard InChI is InChI=1S/C19H27NO2/c1-20(2)13-6-4-5-7-14-22-19-10-8-9-16-15-17(21-3)11-12-18(16)19/h8-12,15H,4-7,13-14H2,1-3H3. The van der Waals surface area contributed by atoms with Crippen LogP contribution in [0.3, 0.4) is 0 Å². The van der Waals surface area contributed by atoms with Gasteiger partial charge in [-0.2, -0.15) is 0 Å². The Balaban J connectivity index is 1.82. The summed E-state index contributed by atoms with van der Waals surface area (Å²) in [6.07, 6.45) is 4.88. The molecule has 3 nitrogen and oxygen atoms in total. The Morgan fingerprint density at radius 2 is 1.77 bits per heavy atom. The lowest BCUT2D eigenvalue weighted by molar-refractivity contribution is 0.305. The van der Waals surface area contributed by atoms with Crippen LogP contribution in [0.2, 0.25) is 0 Å². The fourth-order valence-corrected chi connectivity index (χ4v) is 2.55. The summed E-state index contributed by atoms with van der Waals surface area (Å²) in [7, 11) is 5.94. The summed E-state index contributed by atoms with van der Waals surface area (Å²) in [4.78, 5) is 2.24. The summed E-state index contributed by atoms with van der Waals surface area (Å²) in [6.45, 7) is 1.96. The lowest BCUT2D eigenvalue weighted by Crippen LogP contribution is -2.12. The van der Waals surface area contributed by atoms with Crippen molar-refractivity contribution in [1.29, 1.82) is 0 Å². The zero-order valence-corrected chi connectivity index (χ0v) is 14.0. The number of unbranched alkanes of at least 4 members (excludes halogenated alkanes) is 3. The van der Waals surface area contributed by atoms with Crippen molar-refractivity contribution in [2.75, 3.05) is 34.4 Å². The van der Waals surface area contributed by atoms with Crippen LogP contribution in [0.15, 0.2) is 36.4 Å². The highest BCUT2D eigenvalue weighted by Crippen LogP contribution is 2.28. The molecule has 0 saturated heterocycles. The molecule has 0 aliphatic carbocycles. The van der Waals surface area contributed by atoms with E-state index in [1.54, 1.807) is 7.11 Å². The zero-order chi connectivity index (χ0) is 15.8. The van der Waals surface area contributed by atoms with E-state index in [-0.39, 0.29) is 0 Å². The number of fused-ring (bicyclic) bond motifs is 1. The van der Waals surface area contributed by atoms with E-state index in [4.69, 9.17) is 9.47 Å². The molecule has 0 heterocycles. The second-order valence-corrected chi connectivity index (χ2v) is 5.91. The number of ether oxygens (including phenoxy) is 2. The predicted molar refractivity (Wildman–Crippen MR) is 93.0 cm³/mol. The molecule has 0 N–H and O–H groups in total. The van der Waals surface area contributed by atoms with Gasteiger partial charge in [-0.15, -0.1) is 0 Å². The maximum absolute atomic E-state index is 5.97. The van der Waals surface area contributed by atoms with Crippen LogP contribution in [-0.2, 0) is 0 Å². The molecular formula is C19H27NO2. The molecule has 0 bridgehead atoms. The summed E-state index contributed by atoms with van der Waals surface area (Å²) in [5.74, 6) is 1.85. The summed E-state index contributed by atoms with van der Waals surface area (Å²) >= 11 is 0. The van der Waals surface area contributed by atoms with Gasteiger partial charge < -0.3 is 14.4 Å². The Morgan fingerprint density at radius 1 is 0.955 bits per heavy atom. The van der Waals surface area contributed by atoms with Crippen LogP contribution in [-0.4, -0.2) is 39.3 Å². The highest BCUT2D eigenvalue weighted by atomic mass is 16.5. The van der Waals surface area contributed by atoms with Crippen LogP contribution in [0.1, 0.15) is 25.7 Å². The van der Waals surface area contributed by atoms with Crippen molar-refractivity contribution < 1.29 is 9.47 Å². The molecule has 3 heteroatoms. The Hall–Kier alpha value is -1.74. The third kappa shape index (κ3) is 4.92. The average molecular weight is 301 g/mol. The number of hydrogen-bond donors (Lipinski definition) is 0. The maximum Gasteiger partial charge on any atom is 0.127 e. The van der Waals surface area contributed by atoms with Crippen LogP contribution < -0.4 is 9.47 Å². The quantitative estimate of drug-likeness (QED) is 0.643. The number of nitrogens with zero attached hydrogens (tertiary/aromatic N) is 1. The van der Waals surface area contributed by atoms with Crippen molar-refractivity contribution in [2.24, 2.45) is 0 Å². The fourth-order valence-electron chi connectivity index (χ4n) is 2.55. The number of methoxy groups -OCH3 is 1. The molecule has 0 atom stereocenters. The Morgan fingerprint density at radius 3 is 2.55 bits per heavy atom. The van der Waals surface area contributed by atoms with Gasteiger partial charge in [0.05, 0.1) is 13.7 Å². The minimum atomic E-state index is 0.785.